The Bertz CT molecular complexity index is 2560. The van der Waals surface area contributed by atoms with Crippen molar-refractivity contribution in [3.63, 3.8) is 0 Å². The van der Waals surface area contributed by atoms with Crippen molar-refractivity contribution in [1.29, 1.82) is 0 Å². The highest BCUT2D eigenvalue weighted by molar-refractivity contribution is 6.67. The van der Waals surface area contributed by atoms with E-state index >= 15 is 4.79 Å². The molecule has 0 aromatic heterocycles. The van der Waals surface area contributed by atoms with Gasteiger partial charge in [0.15, 0.2) is 23.6 Å². The topological polar surface area (TPSA) is 237 Å². The number of Topliss-reactive ketones (excluding diaryl/α,β-unsaturated/α-hetero) is 1. The summed E-state index contributed by atoms with van der Waals surface area (Å²) in [6.07, 6.45) is -12.9. The summed E-state index contributed by atoms with van der Waals surface area (Å²) in [7, 11) is 0. The van der Waals surface area contributed by atoms with E-state index in [0.29, 0.717) is 5.56 Å². The number of hydrogen-bond donors (Lipinski definition) is 3. The number of rotatable bonds is 12. The van der Waals surface area contributed by atoms with Gasteiger partial charge in [0.05, 0.1) is 29.5 Å². The van der Waals surface area contributed by atoms with Crippen LogP contribution in [0.3, 0.4) is 0 Å². The standard InChI is InChI=1S/C50H52Cl3NO16/c1-26-32(67-44(61)37(57)36(29-16-10-7-11-17-29)54-42(59)30-18-12-8-13-19-30)23-49(63)41(69-43(60)31-20-14-9-15-21-31)39-47(6,40(58)38(66-27(2)55)35(26)46(49,4)5)33(68-45(62)65-25-50(51,52)53)22-34-48(39,24-64-34)70-28(3)56/h7-21,32-34,36-39,41,57,63H,22-25H2,1-6H3,(H,54,59)/t32-,33-,34+,36-,37+,38+,39?,41-,47+,48-,49+/m0/s1. The second-order valence-corrected chi connectivity index (χ2v) is 21.1. The molecule has 1 unspecified atom stereocenters. The Kier molecular flexibility index (Phi) is 14.9. The van der Waals surface area contributed by atoms with Gasteiger partial charge in [-0.2, -0.15) is 0 Å². The molecule has 2 saturated carbocycles. The van der Waals surface area contributed by atoms with Gasteiger partial charge in [-0.15, -0.1) is 0 Å². The highest BCUT2D eigenvalue weighted by atomic mass is 35.6. The Labute approximate surface area is 417 Å². The maximum absolute atomic E-state index is 16.0. The zero-order valence-corrected chi connectivity index (χ0v) is 41.1. The van der Waals surface area contributed by atoms with Crippen molar-refractivity contribution in [3.8, 4) is 0 Å². The van der Waals surface area contributed by atoms with E-state index in [9.17, 15) is 39.0 Å². The lowest BCUT2D eigenvalue weighted by Gasteiger charge is -2.67. The van der Waals surface area contributed by atoms with Crippen LogP contribution in [0.25, 0.3) is 0 Å². The van der Waals surface area contributed by atoms with Gasteiger partial charge in [0.1, 0.15) is 36.6 Å². The van der Waals surface area contributed by atoms with Crippen molar-refractivity contribution in [2.24, 2.45) is 16.7 Å². The predicted molar refractivity (Wildman–Crippen MR) is 248 cm³/mol. The van der Waals surface area contributed by atoms with Crippen LogP contribution >= 0.6 is 34.8 Å². The lowest BCUT2D eigenvalue weighted by atomic mass is 9.44. The van der Waals surface area contributed by atoms with Gasteiger partial charge in [-0.05, 0) is 54.8 Å². The predicted octanol–water partition coefficient (Wildman–Crippen LogP) is 6.27. The fourth-order valence-electron chi connectivity index (χ4n) is 10.6. The maximum atomic E-state index is 16.0. The number of carbonyl (C=O) groups is 7. The zero-order valence-electron chi connectivity index (χ0n) is 38.9. The molecule has 11 atom stereocenters. The number of carbonyl (C=O) groups excluding carboxylic acids is 7. The zero-order chi connectivity index (χ0) is 51.1. The van der Waals surface area contributed by atoms with E-state index in [1.54, 1.807) is 78.9 Å². The van der Waals surface area contributed by atoms with Crippen LogP contribution in [0.5, 0.6) is 0 Å². The average molecular weight is 1030 g/mol. The second-order valence-electron chi connectivity index (χ2n) is 18.6. The quantitative estimate of drug-likeness (QED) is 0.0785. The summed E-state index contributed by atoms with van der Waals surface area (Å²) in [6.45, 7) is 6.75. The van der Waals surface area contributed by atoms with Crippen molar-refractivity contribution in [2.75, 3.05) is 13.2 Å². The van der Waals surface area contributed by atoms with Crippen LogP contribution in [0.1, 0.15) is 86.7 Å². The molecule has 3 aliphatic carbocycles. The minimum atomic E-state index is -2.53. The van der Waals surface area contributed by atoms with Gasteiger partial charge >= 0.3 is 30.0 Å². The summed E-state index contributed by atoms with van der Waals surface area (Å²) >= 11 is 17.6. The Hall–Kier alpha value is -5.56. The van der Waals surface area contributed by atoms with E-state index in [4.69, 9.17) is 68.0 Å². The van der Waals surface area contributed by atoms with E-state index in [1.807, 2.05) is 0 Å². The SMILES string of the molecule is CC(=O)O[C@H]1C(=O)[C@@]2(C)C([C@H](OC(=O)c3ccccc3)[C@]3(O)C[C@H](OC(=O)[C@H](O)[C@@H](NC(=O)c4ccccc4)c4ccccc4)C(C)=C1C3(C)C)[C@]1(OC(C)=O)CO[C@@H]1C[C@@H]2OC(=O)OCC(Cl)(Cl)Cl. The smallest absolute Gasteiger partial charge is 0.456 e. The molecule has 2 bridgehead atoms. The highest BCUT2D eigenvalue weighted by Gasteiger charge is 2.79. The summed E-state index contributed by atoms with van der Waals surface area (Å²) in [4.78, 5) is 98.6. The first-order chi connectivity index (χ1) is 32.9. The van der Waals surface area contributed by atoms with Crippen LogP contribution in [-0.4, -0.2) is 117 Å². The van der Waals surface area contributed by atoms with E-state index < -0.39 is 136 Å². The van der Waals surface area contributed by atoms with E-state index in [-0.39, 0.29) is 28.7 Å². The molecule has 1 amide bonds. The number of nitrogens with one attached hydrogen (secondary N) is 1. The van der Waals surface area contributed by atoms with E-state index in [0.717, 1.165) is 13.8 Å². The van der Waals surface area contributed by atoms with Crippen LogP contribution in [0.15, 0.2) is 102 Å². The molecule has 17 nitrogen and oxygen atoms in total. The first-order valence-corrected chi connectivity index (χ1v) is 23.4. The number of fused-ring (bicyclic) bond motifs is 5. The van der Waals surface area contributed by atoms with Gasteiger partial charge in [-0.1, -0.05) is 115 Å². The molecule has 3 N–H and O–H groups in total. The number of amides is 1. The maximum Gasteiger partial charge on any atom is 0.508 e. The first-order valence-electron chi connectivity index (χ1n) is 22.3. The average Bonchev–Trinajstić information content (AvgIpc) is 3.30. The van der Waals surface area contributed by atoms with Crippen molar-refractivity contribution < 1.29 is 76.9 Å². The molecule has 20 heteroatoms. The van der Waals surface area contributed by atoms with E-state index in [1.165, 1.54) is 39.8 Å². The number of benzene rings is 3. The van der Waals surface area contributed by atoms with Gasteiger partial charge in [0, 0.05) is 37.7 Å². The van der Waals surface area contributed by atoms with Gasteiger partial charge < -0.3 is 48.7 Å². The molecule has 0 spiro atoms. The summed E-state index contributed by atoms with van der Waals surface area (Å²) in [6, 6.07) is 22.5. The third kappa shape index (κ3) is 9.76. The molecule has 3 aromatic carbocycles. The molecule has 374 valence electrons. The summed E-state index contributed by atoms with van der Waals surface area (Å²) in [5.41, 5.74) is -7.97. The fraction of sp³-hybridized carbons (Fsp3) is 0.460. The Morgan fingerprint density at radius 2 is 1.41 bits per heavy atom. The van der Waals surface area contributed by atoms with Crippen molar-refractivity contribution in [1.82, 2.24) is 5.32 Å². The largest absolute Gasteiger partial charge is 0.508 e. The van der Waals surface area contributed by atoms with Crippen molar-refractivity contribution in [2.45, 2.75) is 112 Å². The fourth-order valence-corrected chi connectivity index (χ4v) is 10.8. The normalized spacial score (nSPS) is 29.7. The number of halogens is 3. The van der Waals surface area contributed by atoms with Crippen LogP contribution in [0.4, 0.5) is 4.79 Å². The minimum Gasteiger partial charge on any atom is -0.456 e. The van der Waals surface area contributed by atoms with Crippen molar-refractivity contribution in [3.05, 3.63) is 119 Å². The monoisotopic (exact) mass is 1030 g/mol. The molecule has 1 saturated heterocycles. The Balaban J connectivity index is 1.42. The van der Waals surface area contributed by atoms with Gasteiger partial charge in [0.25, 0.3) is 5.91 Å². The number of ether oxygens (including phenoxy) is 7. The Morgan fingerprint density at radius 1 is 0.829 bits per heavy atom. The third-order valence-electron chi connectivity index (χ3n) is 14.0. The lowest BCUT2D eigenvalue weighted by molar-refractivity contribution is -0.346. The number of aliphatic hydroxyl groups is 2. The van der Waals surface area contributed by atoms with Crippen molar-refractivity contribution >= 4 is 76.5 Å². The number of esters is 4. The third-order valence-corrected chi connectivity index (χ3v) is 14.4. The minimum absolute atomic E-state index is 0.00279. The molecule has 4 aliphatic rings. The summed E-state index contributed by atoms with van der Waals surface area (Å²) in [5, 5.41) is 28.5. The van der Waals surface area contributed by atoms with E-state index in [2.05, 4.69) is 5.32 Å². The number of hydrogen-bond acceptors (Lipinski definition) is 16. The number of alkyl halides is 3. The highest BCUT2D eigenvalue weighted by Crippen LogP contribution is 2.65. The summed E-state index contributed by atoms with van der Waals surface area (Å²) < 4.78 is 39.6. The van der Waals surface area contributed by atoms with Gasteiger partial charge in [-0.25, -0.2) is 14.4 Å². The van der Waals surface area contributed by atoms with Gasteiger partial charge in [0.2, 0.25) is 3.79 Å². The van der Waals surface area contributed by atoms with Crippen LogP contribution in [0.2, 0.25) is 0 Å². The molecule has 1 aliphatic heterocycles. The molecular formula is C50H52Cl3NO16. The number of aliphatic hydroxyl groups excluding tert-OH is 1. The Morgan fingerprint density at radius 3 is 1.96 bits per heavy atom. The molecule has 0 radical (unpaired) electrons. The molecule has 3 fully saturated rings. The van der Waals surface area contributed by atoms with Crippen LogP contribution in [0, 0.1) is 16.7 Å². The molecule has 3 aromatic rings. The second kappa shape index (κ2) is 19.9. The molecule has 7 rings (SSSR count). The van der Waals surface area contributed by atoms with Crippen LogP contribution < -0.4 is 5.32 Å². The molecule has 70 heavy (non-hydrogen) atoms. The lowest BCUT2D eigenvalue weighted by Crippen LogP contribution is -2.82. The number of ketones is 1. The molecular weight excluding hydrogens is 977 g/mol. The van der Waals surface area contributed by atoms with Crippen LogP contribution in [-0.2, 0) is 52.3 Å². The molecule has 1 heterocycles. The summed E-state index contributed by atoms with van der Waals surface area (Å²) in [5.74, 6) is -7.48. The first kappa shape index (κ1) is 52.3. The van der Waals surface area contributed by atoms with Gasteiger partial charge in [-0.3, -0.25) is 19.2 Å².